The molecular weight excluding hydrogens is 453 g/mol. The van der Waals surface area contributed by atoms with Crippen molar-refractivity contribution in [2.45, 2.75) is 73.3 Å². The summed E-state index contributed by atoms with van der Waals surface area (Å²) in [7, 11) is -4.50. The molecule has 1 aliphatic carbocycles. The maximum Gasteiger partial charge on any atom is 0.460 e. The molecule has 16 heteroatoms. The molecule has 0 amide bonds. The Labute approximate surface area is 151 Å². The molecule has 0 aromatic rings. The van der Waals surface area contributed by atoms with Gasteiger partial charge >= 0.3 is 35.1 Å². The first-order chi connectivity index (χ1) is 12.2. The van der Waals surface area contributed by atoms with E-state index < -0.39 is 52.1 Å². The molecule has 0 saturated heterocycles. The van der Waals surface area contributed by atoms with E-state index in [9.17, 15) is 61.3 Å². The van der Waals surface area contributed by atoms with Gasteiger partial charge in [0.2, 0.25) is 0 Å². The van der Waals surface area contributed by atoms with Gasteiger partial charge in [-0.25, -0.2) is 8.93 Å². The van der Waals surface area contributed by atoms with Gasteiger partial charge in [-0.1, -0.05) is 19.3 Å². The highest BCUT2D eigenvalue weighted by Gasteiger charge is 2.91. The smallest absolute Gasteiger partial charge is 0.236 e. The van der Waals surface area contributed by atoms with Gasteiger partial charge < -0.3 is 0 Å². The molecule has 0 spiro atoms. The maximum absolute atomic E-state index is 13.6. The molecule has 0 aromatic heterocycles. The van der Waals surface area contributed by atoms with Crippen LogP contribution in [-0.2, 0) is 11.0 Å². The summed E-state index contributed by atoms with van der Waals surface area (Å²) in [6.07, 6.45) is -6.26. The topological polar surface area (TPSA) is 29.1 Å². The number of hydrogen-bond donors (Lipinski definition) is 1. The van der Waals surface area contributed by atoms with Crippen molar-refractivity contribution < 1.29 is 61.3 Å². The van der Waals surface area contributed by atoms with E-state index in [2.05, 4.69) is 0 Å². The summed E-state index contributed by atoms with van der Waals surface area (Å²) in [4.78, 5) is 0. The molecule has 1 saturated carbocycles. The summed E-state index contributed by atoms with van der Waals surface area (Å²) in [5.41, 5.74) is 0. The maximum atomic E-state index is 13.6. The third kappa shape index (κ3) is 3.81. The molecule has 0 aliphatic heterocycles. The molecule has 1 rings (SSSR count). The van der Waals surface area contributed by atoms with Gasteiger partial charge in [0, 0.05) is 6.04 Å². The van der Waals surface area contributed by atoms with Crippen LogP contribution in [0.5, 0.6) is 0 Å². The molecule has 0 aromatic carbocycles. The normalized spacial score (nSPS) is 20.3. The number of rotatable bonds is 7. The highest BCUT2D eigenvalue weighted by atomic mass is 32.2. The van der Waals surface area contributed by atoms with Crippen molar-refractivity contribution >= 4 is 11.0 Å². The number of hydrogen-bond acceptors (Lipinski definition) is 1. The van der Waals surface area contributed by atoms with E-state index in [1.165, 1.54) is 4.72 Å². The van der Waals surface area contributed by atoms with E-state index in [0.29, 0.717) is 19.3 Å². The summed E-state index contributed by atoms with van der Waals surface area (Å²) in [6, 6.07) is -1.16. The second-order valence-electron chi connectivity index (χ2n) is 6.03. The van der Waals surface area contributed by atoms with Crippen LogP contribution < -0.4 is 4.72 Å². The molecule has 1 atom stereocenters. The second kappa shape index (κ2) is 7.47. The zero-order valence-electron chi connectivity index (χ0n) is 13.3. The third-order valence-corrected chi connectivity index (χ3v) is 5.29. The van der Waals surface area contributed by atoms with Crippen LogP contribution in [0.2, 0.25) is 0 Å². The highest BCUT2D eigenvalue weighted by Crippen LogP contribution is 2.60. The molecule has 1 N–H and O–H groups in total. The average Bonchev–Trinajstić information content (AvgIpc) is 2.53. The Bertz CT molecular complexity index is 583. The monoisotopic (exact) mass is 465 g/mol. The molecule has 1 fully saturated rings. The molecule has 2 nitrogen and oxygen atoms in total. The van der Waals surface area contributed by atoms with Crippen molar-refractivity contribution in [1.82, 2.24) is 4.72 Å². The lowest BCUT2D eigenvalue weighted by atomic mass is 9.96. The van der Waals surface area contributed by atoms with Gasteiger partial charge in [0.1, 0.15) is 0 Å². The Balaban J connectivity index is 3.26. The SMILES string of the molecule is O=S(NC1CCCCC1)C(F)(F)C(F)(F)C(F)(F)C(F)(F)C(F)(F)C(F)(F)F. The van der Waals surface area contributed by atoms with Gasteiger partial charge in [-0.05, 0) is 12.8 Å². The summed E-state index contributed by atoms with van der Waals surface area (Å²) in [5, 5.41) is -6.61. The fourth-order valence-corrected chi connectivity index (χ4v) is 3.36. The van der Waals surface area contributed by atoms with E-state index in [1.54, 1.807) is 0 Å². The average molecular weight is 465 g/mol. The summed E-state index contributed by atoms with van der Waals surface area (Å²) >= 11 is 0. The lowest BCUT2D eigenvalue weighted by Crippen LogP contribution is -2.71. The lowest BCUT2D eigenvalue weighted by Gasteiger charge is -2.39. The van der Waals surface area contributed by atoms with E-state index in [0.717, 1.165) is 0 Å². The second-order valence-corrected chi connectivity index (χ2v) is 7.32. The van der Waals surface area contributed by atoms with Gasteiger partial charge in [-0.15, -0.1) is 0 Å². The van der Waals surface area contributed by atoms with Gasteiger partial charge in [0.25, 0.3) is 0 Å². The van der Waals surface area contributed by atoms with Crippen LogP contribution in [-0.4, -0.2) is 45.4 Å². The van der Waals surface area contributed by atoms with Crippen LogP contribution in [0.25, 0.3) is 0 Å². The number of nitrogens with one attached hydrogen (secondary N) is 1. The fraction of sp³-hybridized carbons (Fsp3) is 1.00. The number of alkyl halides is 13. The van der Waals surface area contributed by atoms with E-state index in [-0.39, 0.29) is 12.8 Å². The molecule has 0 heterocycles. The van der Waals surface area contributed by atoms with Crippen LogP contribution >= 0.6 is 0 Å². The Morgan fingerprint density at radius 1 is 0.607 bits per heavy atom. The zero-order valence-corrected chi connectivity index (χ0v) is 14.2. The Morgan fingerprint density at radius 3 is 1.39 bits per heavy atom. The molecule has 1 unspecified atom stereocenters. The van der Waals surface area contributed by atoms with Gasteiger partial charge in [-0.3, -0.25) is 0 Å². The van der Waals surface area contributed by atoms with Crippen molar-refractivity contribution in [1.29, 1.82) is 0 Å². The molecule has 0 radical (unpaired) electrons. The minimum atomic E-state index is -7.99. The van der Waals surface area contributed by atoms with E-state index in [1.807, 2.05) is 0 Å². The molecule has 1 aliphatic rings. The molecule has 28 heavy (non-hydrogen) atoms. The summed E-state index contributed by atoms with van der Waals surface area (Å²) < 4.78 is 181. The van der Waals surface area contributed by atoms with Gasteiger partial charge in [-0.2, -0.15) is 57.1 Å². The van der Waals surface area contributed by atoms with Crippen LogP contribution in [0, 0.1) is 0 Å². The minimum absolute atomic E-state index is 0.0217. The fourth-order valence-electron chi connectivity index (χ4n) is 2.32. The van der Waals surface area contributed by atoms with Crippen molar-refractivity contribution in [3.8, 4) is 0 Å². The van der Waals surface area contributed by atoms with Crippen molar-refractivity contribution in [2.75, 3.05) is 0 Å². The van der Waals surface area contributed by atoms with Crippen molar-refractivity contribution in [3.05, 3.63) is 0 Å². The van der Waals surface area contributed by atoms with E-state index >= 15 is 0 Å². The van der Waals surface area contributed by atoms with Gasteiger partial charge in [0.05, 0.1) is 0 Å². The molecule has 168 valence electrons. The lowest BCUT2D eigenvalue weighted by molar-refractivity contribution is -0.433. The first-order valence-corrected chi connectivity index (χ1v) is 8.54. The Hall–Kier alpha value is -0.800. The number of halogens is 13. The first-order valence-electron chi connectivity index (χ1n) is 7.39. The summed E-state index contributed by atoms with van der Waals surface area (Å²) in [6.45, 7) is 0. The predicted molar refractivity (Wildman–Crippen MR) is 68.9 cm³/mol. The predicted octanol–water partition coefficient (Wildman–Crippen LogP) is 5.27. The van der Waals surface area contributed by atoms with Crippen molar-refractivity contribution in [3.63, 3.8) is 0 Å². The minimum Gasteiger partial charge on any atom is -0.236 e. The van der Waals surface area contributed by atoms with E-state index in [4.69, 9.17) is 0 Å². The van der Waals surface area contributed by atoms with Crippen LogP contribution in [0.3, 0.4) is 0 Å². The quantitative estimate of drug-likeness (QED) is 0.511. The zero-order chi connectivity index (χ0) is 22.4. The van der Waals surface area contributed by atoms with Crippen LogP contribution in [0.1, 0.15) is 32.1 Å². The highest BCUT2D eigenvalue weighted by molar-refractivity contribution is 7.84. The molecular formula is C12H12F13NOS. The molecule has 0 bridgehead atoms. The van der Waals surface area contributed by atoms with Crippen LogP contribution in [0.4, 0.5) is 57.1 Å². The Kier molecular flexibility index (Phi) is 6.73. The third-order valence-electron chi connectivity index (χ3n) is 4.02. The summed E-state index contributed by atoms with van der Waals surface area (Å²) in [5.74, 6) is -31.2. The Morgan fingerprint density at radius 2 is 1.00 bits per heavy atom. The van der Waals surface area contributed by atoms with Crippen molar-refractivity contribution in [2.24, 2.45) is 0 Å². The first kappa shape index (κ1) is 25.2. The van der Waals surface area contributed by atoms with Crippen LogP contribution in [0.15, 0.2) is 0 Å². The standard InChI is InChI=1S/C12H12F13NOS/c13-7(14,9(17,18)11(21,22)23)8(15,16)10(19,20)12(24,25)28(27)26-6-4-2-1-3-5-6/h6,26H,1-5H2. The largest absolute Gasteiger partial charge is 0.460 e. The van der Waals surface area contributed by atoms with Gasteiger partial charge in [0.15, 0.2) is 11.0 Å².